The molecule has 0 saturated carbocycles. The molecule has 7 nitrogen and oxygen atoms in total. The van der Waals surface area contributed by atoms with Crippen LogP contribution in [0.3, 0.4) is 0 Å². The van der Waals surface area contributed by atoms with Gasteiger partial charge in [-0.2, -0.15) is 0 Å². The topological polar surface area (TPSA) is 82.4 Å². The van der Waals surface area contributed by atoms with E-state index in [0.29, 0.717) is 36.5 Å². The number of methoxy groups -OCH3 is 1. The largest absolute Gasteiger partial charge is 0.493 e. The Morgan fingerprint density at radius 2 is 1.74 bits per heavy atom. The van der Waals surface area contributed by atoms with Crippen molar-refractivity contribution in [2.24, 2.45) is 7.05 Å². The lowest BCUT2D eigenvalue weighted by atomic mass is 10.1. The van der Waals surface area contributed by atoms with Crippen LogP contribution >= 0.6 is 0 Å². The summed E-state index contributed by atoms with van der Waals surface area (Å²) in [6.07, 6.45) is 0.814. The third-order valence-electron chi connectivity index (χ3n) is 5.89. The number of nitrogens with zero attached hydrogens (tertiary/aromatic N) is 2. The first-order chi connectivity index (χ1) is 17.0. The van der Waals surface area contributed by atoms with Crippen molar-refractivity contribution in [3.63, 3.8) is 0 Å². The molecule has 7 heteroatoms. The highest BCUT2D eigenvalue weighted by Gasteiger charge is 2.22. The maximum Gasteiger partial charge on any atom is 0.220 e. The Balaban J connectivity index is 1.42. The molecule has 35 heavy (non-hydrogen) atoms. The van der Waals surface area contributed by atoms with Crippen LogP contribution in [0.1, 0.15) is 47.6 Å². The molecular weight excluding hydrogens is 442 g/mol. The SMILES string of the molecule is COc1cc(C(C)=O)ccc1OCCCC(=O)NC(c1ccccc1)c1nc2ccccc2n1C. The smallest absolute Gasteiger partial charge is 0.220 e. The third kappa shape index (κ3) is 5.51. The molecule has 1 amide bonds. The van der Waals surface area contributed by atoms with Crippen molar-refractivity contribution in [2.45, 2.75) is 25.8 Å². The van der Waals surface area contributed by atoms with Gasteiger partial charge in [-0.15, -0.1) is 0 Å². The number of rotatable bonds is 10. The zero-order valence-corrected chi connectivity index (χ0v) is 20.2. The van der Waals surface area contributed by atoms with Crippen LogP contribution in [0.15, 0.2) is 72.8 Å². The second-order valence-corrected chi connectivity index (χ2v) is 8.30. The van der Waals surface area contributed by atoms with E-state index in [0.717, 1.165) is 22.4 Å². The Morgan fingerprint density at radius 1 is 1.00 bits per heavy atom. The molecule has 0 aliphatic rings. The summed E-state index contributed by atoms with van der Waals surface area (Å²) in [5.74, 6) is 1.68. The van der Waals surface area contributed by atoms with E-state index < -0.39 is 0 Å². The third-order valence-corrected chi connectivity index (χ3v) is 5.89. The van der Waals surface area contributed by atoms with Crippen LogP contribution in [0, 0.1) is 0 Å². The van der Waals surface area contributed by atoms with Gasteiger partial charge in [0, 0.05) is 19.0 Å². The van der Waals surface area contributed by atoms with E-state index in [2.05, 4.69) is 5.32 Å². The van der Waals surface area contributed by atoms with Gasteiger partial charge in [-0.25, -0.2) is 4.98 Å². The summed E-state index contributed by atoms with van der Waals surface area (Å²) < 4.78 is 13.2. The molecule has 1 atom stereocenters. The molecule has 1 aromatic heterocycles. The van der Waals surface area contributed by atoms with Crippen molar-refractivity contribution >= 4 is 22.7 Å². The average molecular weight is 472 g/mol. The van der Waals surface area contributed by atoms with Crippen LogP contribution in [0.5, 0.6) is 11.5 Å². The van der Waals surface area contributed by atoms with Crippen molar-refractivity contribution in [3.8, 4) is 11.5 Å². The summed E-state index contributed by atoms with van der Waals surface area (Å²) in [5.41, 5.74) is 3.42. The second-order valence-electron chi connectivity index (χ2n) is 8.30. The minimum absolute atomic E-state index is 0.0416. The summed E-state index contributed by atoms with van der Waals surface area (Å²) in [6.45, 7) is 1.84. The maximum absolute atomic E-state index is 12.9. The Kier molecular flexibility index (Phi) is 7.45. The number of carbonyl (C=O) groups excluding carboxylic acids is 2. The number of ether oxygens (including phenoxy) is 2. The molecule has 0 bridgehead atoms. The van der Waals surface area contributed by atoms with Gasteiger partial charge in [0.25, 0.3) is 0 Å². The van der Waals surface area contributed by atoms with Gasteiger partial charge < -0.3 is 19.4 Å². The van der Waals surface area contributed by atoms with Crippen LogP contribution in [0.2, 0.25) is 0 Å². The van der Waals surface area contributed by atoms with E-state index in [4.69, 9.17) is 14.5 Å². The number of fused-ring (bicyclic) bond motifs is 1. The van der Waals surface area contributed by atoms with E-state index in [1.807, 2.05) is 66.2 Å². The van der Waals surface area contributed by atoms with Crippen LogP contribution in [-0.2, 0) is 11.8 Å². The molecule has 4 aromatic rings. The highest BCUT2D eigenvalue weighted by atomic mass is 16.5. The predicted octanol–water partition coefficient (Wildman–Crippen LogP) is 4.85. The molecule has 0 fully saturated rings. The van der Waals surface area contributed by atoms with E-state index in [1.165, 1.54) is 14.0 Å². The Bertz CT molecular complexity index is 1330. The number of amides is 1. The number of aromatic nitrogens is 2. The normalized spacial score (nSPS) is 11.7. The van der Waals surface area contributed by atoms with E-state index in [-0.39, 0.29) is 17.7 Å². The van der Waals surface area contributed by atoms with E-state index >= 15 is 0 Å². The highest BCUT2D eigenvalue weighted by molar-refractivity contribution is 5.94. The molecule has 0 aliphatic carbocycles. The van der Waals surface area contributed by atoms with Crippen LogP contribution in [-0.4, -0.2) is 35.0 Å². The van der Waals surface area contributed by atoms with Crippen molar-refractivity contribution in [1.82, 2.24) is 14.9 Å². The molecule has 0 radical (unpaired) electrons. The van der Waals surface area contributed by atoms with Crippen molar-refractivity contribution < 1.29 is 19.1 Å². The van der Waals surface area contributed by atoms with Crippen LogP contribution in [0.25, 0.3) is 11.0 Å². The average Bonchev–Trinajstić information content (AvgIpc) is 3.21. The van der Waals surface area contributed by atoms with Gasteiger partial charge in [0.2, 0.25) is 5.91 Å². The van der Waals surface area contributed by atoms with Gasteiger partial charge in [-0.05, 0) is 49.2 Å². The molecule has 0 spiro atoms. The highest BCUT2D eigenvalue weighted by Crippen LogP contribution is 2.29. The van der Waals surface area contributed by atoms with Crippen molar-refractivity contribution in [2.75, 3.05) is 13.7 Å². The minimum Gasteiger partial charge on any atom is -0.493 e. The molecule has 4 rings (SSSR count). The Hall–Kier alpha value is -4.13. The van der Waals surface area contributed by atoms with Gasteiger partial charge in [0.1, 0.15) is 11.9 Å². The van der Waals surface area contributed by atoms with Crippen molar-refractivity contribution in [3.05, 3.63) is 89.7 Å². The van der Waals surface area contributed by atoms with Gasteiger partial charge in [-0.1, -0.05) is 42.5 Å². The fourth-order valence-electron chi connectivity index (χ4n) is 4.02. The summed E-state index contributed by atoms with van der Waals surface area (Å²) >= 11 is 0. The van der Waals surface area contributed by atoms with Gasteiger partial charge >= 0.3 is 0 Å². The fraction of sp³-hybridized carbons (Fsp3) is 0.250. The lowest BCUT2D eigenvalue weighted by Crippen LogP contribution is -2.31. The summed E-state index contributed by atoms with van der Waals surface area (Å²) in [6, 6.07) is 22.5. The molecule has 180 valence electrons. The van der Waals surface area contributed by atoms with E-state index in [1.54, 1.807) is 18.2 Å². The quantitative estimate of drug-likeness (QED) is 0.264. The number of Topliss-reactive ketones (excluding diaryl/α,β-unsaturated/α-hetero) is 1. The number of para-hydroxylation sites is 2. The van der Waals surface area contributed by atoms with Crippen molar-refractivity contribution in [1.29, 1.82) is 0 Å². The zero-order chi connectivity index (χ0) is 24.8. The number of hydrogen-bond donors (Lipinski definition) is 1. The number of hydrogen-bond acceptors (Lipinski definition) is 5. The summed E-state index contributed by atoms with van der Waals surface area (Å²) in [7, 11) is 3.50. The molecular formula is C28H29N3O4. The van der Waals surface area contributed by atoms with Crippen LogP contribution in [0.4, 0.5) is 0 Å². The Morgan fingerprint density at radius 3 is 2.46 bits per heavy atom. The number of benzene rings is 3. The molecule has 1 unspecified atom stereocenters. The molecule has 1 N–H and O–H groups in total. The van der Waals surface area contributed by atoms with Crippen LogP contribution < -0.4 is 14.8 Å². The molecule has 3 aromatic carbocycles. The lowest BCUT2D eigenvalue weighted by molar-refractivity contribution is -0.121. The lowest BCUT2D eigenvalue weighted by Gasteiger charge is -2.19. The van der Waals surface area contributed by atoms with Gasteiger partial charge in [-0.3, -0.25) is 9.59 Å². The van der Waals surface area contributed by atoms with Gasteiger partial charge in [0.15, 0.2) is 17.3 Å². The predicted molar refractivity (Wildman–Crippen MR) is 135 cm³/mol. The number of carbonyl (C=O) groups is 2. The summed E-state index contributed by atoms with van der Waals surface area (Å²) in [5, 5.41) is 3.15. The first-order valence-electron chi connectivity index (χ1n) is 11.6. The maximum atomic E-state index is 12.9. The zero-order valence-electron chi connectivity index (χ0n) is 20.2. The standard InChI is InChI=1S/C28H29N3O4/c1-19(32)21-15-16-24(25(18-21)34-3)35-17-9-14-26(33)30-27(20-10-5-4-6-11-20)28-29-22-12-7-8-13-23(22)31(28)2/h4-8,10-13,15-16,18,27H,9,14,17H2,1-3H3,(H,30,33). The fourth-order valence-corrected chi connectivity index (χ4v) is 4.02. The first kappa shape index (κ1) is 24.0. The number of imidazole rings is 1. The monoisotopic (exact) mass is 471 g/mol. The molecule has 1 heterocycles. The number of ketones is 1. The number of nitrogens with one attached hydrogen (secondary N) is 1. The summed E-state index contributed by atoms with van der Waals surface area (Å²) in [4.78, 5) is 29.3. The molecule has 0 aliphatic heterocycles. The molecule has 0 saturated heterocycles. The minimum atomic E-state index is -0.374. The second kappa shape index (κ2) is 10.9. The number of aryl methyl sites for hydroxylation is 1. The van der Waals surface area contributed by atoms with E-state index in [9.17, 15) is 9.59 Å². The Labute approximate surface area is 204 Å². The van der Waals surface area contributed by atoms with Gasteiger partial charge in [0.05, 0.1) is 24.8 Å². The first-order valence-corrected chi connectivity index (χ1v) is 11.6.